The molecule has 0 N–H and O–H groups in total. The van der Waals surface area contributed by atoms with Crippen molar-refractivity contribution < 1.29 is 19.1 Å². The van der Waals surface area contributed by atoms with Gasteiger partial charge in [0, 0.05) is 44.8 Å². The van der Waals surface area contributed by atoms with Crippen LogP contribution in [0, 0.1) is 5.92 Å². The van der Waals surface area contributed by atoms with Crippen molar-refractivity contribution in [2.24, 2.45) is 5.92 Å². The molecule has 3 amide bonds. The van der Waals surface area contributed by atoms with Gasteiger partial charge in [0.25, 0.3) is 5.91 Å². The number of halogens is 1. The van der Waals surface area contributed by atoms with E-state index in [0.717, 1.165) is 11.4 Å². The Morgan fingerprint density at radius 3 is 2.31 bits per heavy atom. The molecule has 7 nitrogen and oxygen atoms in total. The fourth-order valence-corrected chi connectivity index (χ4v) is 4.42. The average Bonchev–Trinajstić information content (AvgIpc) is 3.21. The summed E-state index contributed by atoms with van der Waals surface area (Å²) in [7, 11) is 0. The van der Waals surface area contributed by atoms with E-state index < -0.39 is 0 Å². The molecule has 168 valence electrons. The number of hydrogen-bond acceptors (Lipinski definition) is 4. The minimum atomic E-state index is -0.375. The Kier molecular flexibility index (Phi) is 6.65. The summed E-state index contributed by atoms with van der Waals surface area (Å²) in [5.74, 6) is 0.164. The first-order valence-corrected chi connectivity index (χ1v) is 11.2. The lowest BCUT2D eigenvalue weighted by atomic mass is 10.1. The van der Waals surface area contributed by atoms with Crippen LogP contribution in [0.15, 0.2) is 48.5 Å². The SMILES string of the molecule is CCOc1ccc(N2CC(C(=O)N3CCN(C(=O)c4ccccc4Cl)CC3)CC2=O)cc1. The van der Waals surface area contributed by atoms with Crippen molar-refractivity contribution in [3.8, 4) is 5.75 Å². The summed E-state index contributed by atoms with van der Waals surface area (Å²) in [4.78, 5) is 43.5. The maximum atomic E-state index is 13.1. The highest BCUT2D eigenvalue weighted by Gasteiger charge is 2.38. The Balaban J connectivity index is 1.34. The predicted molar refractivity (Wildman–Crippen MR) is 122 cm³/mol. The van der Waals surface area contributed by atoms with Gasteiger partial charge < -0.3 is 19.4 Å². The van der Waals surface area contributed by atoms with Gasteiger partial charge in [0.15, 0.2) is 0 Å². The first-order valence-electron chi connectivity index (χ1n) is 10.8. The molecule has 1 unspecified atom stereocenters. The maximum Gasteiger partial charge on any atom is 0.255 e. The second kappa shape index (κ2) is 9.61. The standard InChI is InChI=1S/C24H26ClN3O4/c1-2-32-19-9-7-18(8-10-19)28-16-17(15-22(28)29)23(30)26-11-13-27(14-12-26)24(31)20-5-3-4-6-21(20)25/h3-10,17H,2,11-16H2,1H3. The highest BCUT2D eigenvalue weighted by Crippen LogP contribution is 2.28. The first kappa shape index (κ1) is 22.1. The smallest absolute Gasteiger partial charge is 0.255 e. The molecule has 2 saturated heterocycles. The van der Waals surface area contributed by atoms with Crippen LogP contribution >= 0.6 is 11.6 Å². The lowest BCUT2D eigenvalue weighted by molar-refractivity contribution is -0.137. The zero-order valence-corrected chi connectivity index (χ0v) is 18.8. The van der Waals surface area contributed by atoms with E-state index in [-0.39, 0.29) is 30.1 Å². The Bertz CT molecular complexity index is 1000. The quantitative estimate of drug-likeness (QED) is 0.694. The molecule has 0 aromatic heterocycles. The van der Waals surface area contributed by atoms with Gasteiger partial charge in [-0.3, -0.25) is 14.4 Å². The van der Waals surface area contributed by atoms with Crippen LogP contribution in [0.1, 0.15) is 23.7 Å². The number of piperazine rings is 1. The predicted octanol–water partition coefficient (Wildman–Crippen LogP) is 3.08. The number of hydrogen-bond donors (Lipinski definition) is 0. The molecular formula is C24H26ClN3O4. The van der Waals surface area contributed by atoms with E-state index in [1.165, 1.54) is 0 Å². The van der Waals surface area contributed by atoms with Gasteiger partial charge in [0.2, 0.25) is 11.8 Å². The zero-order valence-electron chi connectivity index (χ0n) is 18.0. The van der Waals surface area contributed by atoms with Crippen LogP contribution < -0.4 is 9.64 Å². The molecule has 2 aliphatic heterocycles. The van der Waals surface area contributed by atoms with Gasteiger partial charge in [-0.1, -0.05) is 23.7 Å². The average molecular weight is 456 g/mol. The van der Waals surface area contributed by atoms with Gasteiger partial charge in [0.1, 0.15) is 5.75 Å². The number of benzene rings is 2. The molecule has 0 radical (unpaired) electrons. The van der Waals surface area contributed by atoms with Gasteiger partial charge in [-0.2, -0.15) is 0 Å². The number of amides is 3. The second-order valence-corrected chi connectivity index (χ2v) is 8.34. The van der Waals surface area contributed by atoms with E-state index in [1.54, 1.807) is 39.0 Å². The van der Waals surface area contributed by atoms with Gasteiger partial charge in [0.05, 0.1) is 23.1 Å². The molecular weight excluding hydrogens is 430 g/mol. The van der Waals surface area contributed by atoms with Gasteiger partial charge in [-0.05, 0) is 43.3 Å². The summed E-state index contributed by atoms with van der Waals surface area (Å²) in [5.41, 5.74) is 1.24. The Morgan fingerprint density at radius 2 is 1.66 bits per heavy atom. The normalized spacial score (nSPS) is 18.8. The fourth-order valence-electron chi connectivity index (χ4n) is 4.20. The molecule has 2 aromatic carbocycles. The van der Waals surface area contributed by atoms with Crippen LogP contribution in [-0.2, 0) is 9.59 Å². The first-order chi connectivity index (χ1) is 15.5. The molecule has 8 heteroatoms. The lowest BCUT2D eigenvalue weighted by Gasteiger charge is -2.36. The summed E-state index contributed by atoms with van der Waals surface area (Å²) >= 11 is 6.15. The number of carbonyl (C=O) groups excluding carboxylic acids is 3. The Morgan fingerprint density at radius 1 is 1.00 bits per heavy atom. The van der Waals surface area contributed by atoms with E-state index in [9.17, 15) is 14.4 Å². The molecule has 2 aromatic rings. The molecule has 2 aliphatic rings. The molecule has 0 bridgehead atoms. The number of rotatable bonds is 5. The minimum absolute atomic E-state index is 0.0309. The molecule has 2 fully saturated rings. The van der Waals surface area contributed by atoms with Crippen LogP contribution in [0.4, 0.5) is 5.69 Å². The Hall–Kier alpha value is -3.06. The number of anilines is 1. The van der Waals surface area contributed by atoms with Crippen molar-refractivity contribution in [1.29, 1.82) is 0 Å². The van der Waals surface area contributed by atoms with Crippen LogP contribution in [0.2, 0.25) is 5.02 Å². The molecule has 4 rings (SSSR count). The van der Waals surface area contributed by atoms with Crippen molar-refractivity contribution in [2.75, 3.05) is 44.2 Å². The molecule has 0 aliphatic carbocycles. The molecule has 0 spiro atoms. The van der Waals surface area contributed by atoms with E-state index in [0.29, 0.717) is 49.9 Å². The molecule has 1 atom stereocenters. The molecule has 32 heavy (non-hydrogen) atoms. The lowest BCUT2D eigenvalue weighted by Crippen LogP contribution is -2.52. The minimum Gasteiger partial charge on any atom is -0.494 e. The topological polar surface area (TPSA) is 70.2 Å². The summed E-state index contributed by atoms with van der Waals surface area (Å²) in [6.07, 6.45) is 0.199. The maximum absolute atomic E-state index is 13.1. The van der Waals surface area contributed by atoms with E-state index >= 15 is 0 Å². The zero-order chi connectivity index (χ0) is 22.7. The van der Waals surface area contributed by atoms with Crippen molar-refractivity contribution in [3.63, 3.8) is 0 Å². The number of nitrogens with zero attached hydrogens (tertiary/aromatic N) is 3. The van der Waals surface area contributed by atoms with Crippen LogP contribution in [0.3, 0.4) is 0 Å². The van der Waals surface area contributed by atoms with Crippen LogP contribution in [-0.4, -0.2) is 66.9 Å². The highest BCUT2D eigenvalue weighted by molar-refractivity contribution is 6.33. The van der Waals surface area contributed by atoms with Crippen LogP contribution in [0.5, 0.6) is 5.75 Å². The summed E-state index contributed by atoms with van der Waals surface area (Å²) in [6, 6.07) is 14.3. The van der Waals surface area contributed by atoms with Crippen molar-refractivity contribution >= 4 is 35.0 Å². The van der Waals surface area contributed by atoms with Gasteiger partial charge in [-0.25, -0.2) is 0 Å². The summed E-state index contributed by atoms with van der Waals surface area (Å²) in [5, 5.41) is 0.426. The monoisotopic (exact) mass is 455 g/mol. The van der Waals surface area contributed by atoms with Gasteiger partial charge >= 0.3 is 0 Å². The molecule has 0 saturated carbocycles. The summed E-state index contributed by atoms with van der Waals surface area (Å²) < 4.78 is 5.45. The van der Waals surface area contributed by atoms with Gasteiger partial charge in [-0.15, -0.1) is 0 Å². The van der Waals surface area contributed by atoms with E-state index in [2.05, 4.69) is 0 Å². The molecule has 2 heterocycles. The third-order valence-corrected chi connectivity index (χ3v) is 6.25. The number of carbonyl (C=O) groups is 3. The van der Waals surface area contributed by atoms with Crippen molar-refractivity contribution in [3.05, 3.63) is 59.1 Å². The third kappa shape index (κ3) is 4.58. The third-order valence-electron chi connectivity index (χ3n) is 5.92. The Labute approximate surface area is 192 Å². The summed E-state index contributed by atoms with van der Waals surface area (Å²) in [6.45, 7) is 4.64. The van der Waals surface area contributed by atoms with E-state index in [1.807, 2.05) is 31.2 Å². The largest absolute Gasteiger partial charge is 0.494 e. The van der Waals surface area contributed by atoms with E-state index in [4.69, 9.17) is 16.3 Å². The van der Waals surface area contributed by atoms with Crippen molar-refractivity contribution in [2.45, 2.75) is 13.3 Å². The number of ether oxygens (including phenoxy) is 1. The highest BCUT2D eigenvalue weighted by atomic mass is 35.5. The fraction of sp³-hybridized carbons (Fsp3) is 0.375. The van der Waals surface area contributed by atoms with Crippen molar-refractivity contribution in [1.82, 2.24) is 9.80 Å². The van der Waals surface area contributed by atoms with Crippen LogP contribution in [0.25, 0.3) is 0 Å². The second-order valence-electron chi connectivity index (χ2n) is 7.93.